The molecular weight excluding hydrogens is 271 g/mol. The van der Waals surface area contributed by atoms with E-state index in [0.29, 0.717) is 11.3 Å². The fourth-order valence-electron chi connectivity index (χ4n) is 1.96. The molecule has 110 valence electrons. The first-order valence-electron chi connectivity index (χ1n) is 6.62. The molecule has 0 spiro atoms. The summed E-state index contributed by atoms with van der Waals surface area (Å²) >= 11 is 0. The summed E-state index contributed by atoms with van der Waals surface area (Å²) in [4.78, 5) is 0. The fraction of sp³-hybridized carbons (Fsp3) is 0.188. The van der Waals surface area contributed by atoms with E-state index in [2.05, 4.69) is 12.1 Å². The smallest absolute Gasteiger partial charge is 0.173 e. The van der Waals surface area contributed by atoms with E-state index in [1.165, 1.54) is 6.07 Å². The summed E-state index contributed by atoms with van der Waals surface area (Å²) in [5.41, 5.74) is 6.98. The standard InChI is InChI=1S/C16H17FN2O2/c1-2-11-5-3-7-13(9-11)21-10-12-6-4-8-14(15(12)17)16(18)19-20/h3-9,20H,2,10H2,1H3,(H2,18,19). The van der Waals surface area contributed by atoms with Crippen molar-refractivity contribution in [2.75, 3.05) is 0 Å². The maximum Gasteiger partial charge on any atom is 0.173 e. The largest absolute Gasteiger partial charge is 0.489 e. The van der Waals surface area contributed by atoms with E-state index in [-0.39, 0.29) is 18.0 Å². The van der Waals surface area contributed by atoms with Gasteiger partial charge in [-0.1, -0.05) is 36.3 Å². The second kappa shape index (κ2) is 6.74. The molecule has 5 heteroatoms. The second-order valence-electron chi connectivity index (χ2n) is 4.55. The molecule has 2 aromatic rings. The molecule has 0 fully saturated rings. The molecule has 0 amide bonds. The highest BCUT2D eigenvalue weighted by molar-refractivity contribution is 5.97. The van der Waals surface area contributed by atoms with Crippen molar-refractivity contribution in [3.63, 3.8) is 0 Å². The van der Waals surface area contributed by atoms with Crippen LogP contribution in [0, 0.1) is 5.82 Å². The molecule has 2 aromatic carbocycles. The van der Waals surface area contributed by atoms with Gasteiger partial charge in [0.05, 0.1) is 5.56 Å². The highest BCUT2D eigenvalue weighted by atomic mass is 19.1. The number of benzene rings is 2. The van der Waals surface area contributed by atoms with Crippen LogP contribution in [0.15, 0.2) is 47.6 Å². The Morgan fingerprint density at radius 3 is 2.76 bits per heavy atom. The molecule has 0 bridgehead atoms. The van der Waals surface area contributed by atoms with E-state index < -0.39 is 5.82 Å². The van der Waals surface area contributed by atoms with Crippen molar-refractivity contribution >= 4 is 5.84 Å². The molecule has 0 heterocycles. The van der Waals surface area contributed by atoms with Crippen LogP contribution in [0.5, 0.6) is 5.75 Å². The van der Waals surface area contributed by atoms with Crippen LogP contribution in [-0.4, -0.2) is 11.0 Å². The minimum atomic E-state index is -0.542. The van der Waals surface area contributed by atoms with Crippen molar-refractivity contribution in [1.29, 1.82) is 0 Å². The van der Waals surface area contributed by atoms with Crippen molar-refractivity contribution in [3.05, 3.63) is 65.0 Å². The van der Waals surface area contributed by atoms with Gasteiger partial charge in [0.1, 0.15) is 18.2 Å². The van der Waals surface area contributed by atoms with E-state index in [4.69, 9.17) is 15.7 Å². The van der Waals surface area contributed by atoms with Gasteiger partial charge >= 0.3 is 0 Å². The van der Waals surface area contributed by atoms with Gasteiger partial charge in [0.15, 0.2) is 5.84 Å². The average molecular weight is 288 g/mol. The number of nitrogens with two attached hydrogens (primary N) is 1. The Morgan fingerprint density at radius 2 is 2.05 bits per heavy atom. The monoisotopic (exact) mass is 288 g/mol. The third kappa shape index (κ3) is 3.51. The van der Waals surface area contributed by atoms with Crippen LogP contribution in [0.25, 0.3) is 0 Å². The van der Waals surface area contributed by atoms with E-state index in [0.717, 1.165) is 12.0 Å². The maximum absolute atomic E-state index is 14.2. The topological polar surface area (TPSA) is 67.8 Å². The number of amidine groups is 1. The number of halogens is 1. The first-order chi connectivity index (χ1) is 10.2. The summed E-state index contributed by atoms with van der Waals surface area (Å²) in [7, 11) is 0. The molecule has 2 rings (SSSR count). The highest BCUT2D eigenvalue weighted by Crippen LogP contribution is 2.18. The summed E-state index contributed by atoms with van der Waals surface area (Å²) < 4.78 is 19.8. The fourth-order valence-corrected chi connectivity index (χ4v) is 1.96. The zero-order valence-corrected chi connectivity index (χ0v) is 11.7. The Kier molecular flexibility index (Phi) is 4.77. The van der Waals surface area contributed by atoms with Crippen molar-refractivity contribution in [2.45, 2.75) is 20.0 Å². The summed E-state index contributed by atoms with van der Waals surface area (Å²) in [5.74, 6) is -0.121. The van der Waals surface area contributed by atoms with Crippen LogP contribution in [0.4, 0.5) is 4.39 Å². The minimum absolute atomic E-state index is 0.0564. The van der Waals surface area contributed by atoms with Gasteiger partial charge in [-0.3, -0.25) is 0 Å². The molecule has 0 radical (unpaired) electrons. The quantitative estimate of drug-likeness (QED) is 0.384. The molecule has 0 atom stereocenters. The van der Waals surface area contributed by atoms with Gasteiger partial charge in [-0.05, 0) is 30.2 Å². The number of hydrogen-bond acceptors (Lipinski definition) is 3. The lowest BCUT2D eigenvalue weighted by Crippen LogP contribution is -2.16. The Balaban J connectivity index is 2.16. The van der Waals surface area contributed by atoms with Crippen molar-refractivity contribution in [2.24, 2.45) is 10.9 Å². The van der Waals surface area contributed by atoms with Gasteiger partial charge < -0.3 is 15.7 Å². The van der Waals surface area contributed by atoms with Crippen LogP contribution < -0.4 is 10.5 Å². The lowest BCUT2D eigenvalue weighted by molar-refractivity contribution is 0.299. The summed E-state index contributed by atoms with van der Waals surface area (Å²) in [6.07, 6.45) is 0.907. The summed E-state index contributed by atoms with van der Waals surface area (Å²) in [5, 5.41) is 11.4. The first kappa shape index (κ1) is 14.8. The molecule has 0 aliphatic heterocycles. The van der Waals surface area contributed by atoms with Gasteiger partial charge in [0.25, 0.3) is 0 Å². The minimum Gasteiger partial charge on any atom is -0.489 e. The average Bonchev–Trinajstić information content (AvgIpc) is 2.53. The molecule has 0 saturated carbocycles. The molecule has 0 aliphatic rings. The van der Waals surface area contributed by atoms with Crippen LogP contribution >= 0.6 is 0 Å². The van der Waals surface area contributed by atoms with Crippen LogP contribution in [0.2, 0.25) is 0 Å². The number of hydrogen-bond donors (Lipinski definition) is 2. The SMILES string of the molecule is CCc1cccc(OCc2cccc(/C(N)=N/O)c2F)c1. The molecule has 3 N–H and O–H groups in total. The molecule has 0 unspecified atom stereocenters. The maximum atomic E-state index is 14.2. The zero-order valence-electron chi connectivity index (χ0n) is 11.7. The normalized spacial score (nSPS) is 11.4. The Labute approximate surface area is 122 Å². The van der Waals surface area contributed by atoms with Gasteiger partial charge in [-0.2, -0.15) is 0 Å². The van der Waals surface area contributed by atoms with Gasteiger partial charge in [-0.15, -0.1) is 0 Å². The van der Waals surface area contributed by atoms with Crippen molar-refractivity contribution in [1.82, 2.24) is 0 Å². The Hall–Kier alpha value is -2.56. The lowest BCUT2D eigenvalue weighted by Gasteiger charge is -2.10. The van der Waals surface area contributed by atoms with Gasteiger partial charge in [0, 0.05) is 5.56 Å². The predicted octanol–water partition coefficient (Wildman–Crippen LogP) is 3.06. The Morgan fingerprint density at radius 1 is 1.29 bits per heavy atom. The summed E-state index contributed by atoms with van der Waals surface area (Å²) in [6, 6.07) is 12.3. The number of rotatable bonds is 5. The van der Waals surface area contributed by atoms with E-state index in [1.54, 1.807) is 12.1 Å². The molecule has 0 saturated heterocycles. The summed E-state index contributed by atoms with van der Waals surface area (Å²) in [6.45, 7) is 2.13. The van der Waals surface area contributed by atoms with E-state index in [1.807, 2.05) is 24.3 Å². The molecule has 0 aliphatic carbocycles. The number of ether oxygens (including phenoxy) is 1. The Bertz CT molecular complexity index is 656. The van der Waals surface area contributed by atoms with Crippen LogP contribution in [0.3, 0.4) is 0 Å². The van der Waals surface area contributed by atoms with E-state index in [9.17, 15) is 4.39 Å². The van der Waals surface area contributed by atoms with Gasteiger partial charge in [-0.25, -0.2) is 4.39 Å². The number of aryl methyl sites for hydroxylation is 1. The molecular formula is C16H17FN2O2. The van der Waals surface area contributed by atoms with Crippen molar-refractivity contribution < 1.29 is 14.3 Å². The first-order valence-corrected chi connectivity index (χ1v) is 6.62. The lowest BCUT2D eigenvalue weighted by atomic mass is 10.1. The third-order valence-electron chi connectivity index (χ3n) is 3.16. The third-order valence-corrected chi connectivity index (χ3v) is 3.16. The number of nitrogens with zero attached hydrogens (tertiary/aromatic N) is 1. The zero-order chi connectivity index (χ0) is 15.2. The van der Waals surface area contributed by atoms with Crippen LogP contribution in [0.1, 0.15) is 23.6 Å². The number of oxime groups is 1. The van der Waals surface area contributed by atoms with Crippen molar-refractivity contribution in [3.8, 4) is 5.75 Å². The van der Waals surface area contributed by atoms with E-state index >= 15 is 0 Å². The molecule has 0 aromatic heterocycles. The molecule has 4 nitrogen and oxygen atoms in total. The highest BCUT2D eigenvalue weighted by Gasteiger charge is 2.12. The van der Waals surface area contributed by atoms with Crippen LogP contribution in [-0.2, 0) is 13.0 Å². The predicted molar refractivity (Wildman–Crippen MR) is 79.1 cm³/mol. The second-order valence-corrected chi connectivity index (χ2v) is 4.55. The van der Waals surface area contributed by atoms with Gasteiger partial charge in [0.2, 0.25) is 0 Å². The molecule has 21 heavy (non-hydrogen) atoms.